The number of nitrogens with one attached hydrogen (secondary N) is 2. The van der Waals surface area contributed by atoms with Crippen LogP contribution >= 0.6 is 0 Å². The van der Waals surface area contributed by atoms with Gasteiger partial charge in [0.1, 0.15) is 16.5 Å². The van der Waals surface area contributed by atoms with E-state index in [1.807, 2.05) is 36.4 Å². The fourth-order valence-electron chi connectivity index (χ4n) is 3.89. The summed E-state index contributed by atoms with van der Waals surface area (Å²) >= 11 is 0. The summed E-state index contributed by atoms with van der Waals surface area (Å²) in [7, 11) is -3.78. The van der Waals surface area contributed by atoms with E-state index in [0.717, 1.165) is 17.5 Å². The Labute approximate surface area is 195 Å². The molecule has 0 saturated carbocycles. The van der Waals surface area contributed by atoms with E-state index in [1.165, 1.54) is 6.07 Å². The minimum absolute atomic E-state index is 0.205. The highest BCUT2D eigenvalue weighted by atomic mass is 32.2. The number of H-pyrrole nitrogens is 2. The Morgan fingerprint density at radius 1 is 1.06 bits per heavy atom. The Balaban J connectivity index is 1.50. The number of aromatic nitrogens is 3. The normalized spacial score (nSPS) is 12.7. The van der Waals surface area contributed by atoms with Crippen LogP contribution in [0.4, 0.5) is 4.39 Å². The lowest BCUT2D eigenvalue weighted by Crippen LogP contribution is -2.11. The molecule has 34 heavy (non-hydrogen) atoms. The molecule has 0 bridgehead atoms. The van der Waals surface area contributed by atoms with Gasteiger partial charge >= 0.3 is 0 Å². The van der Waals surface area contributed by atoms with E-state index in [4.69, 9.17) is 10.5 Å². The molecule has 5 rings (SSSR count). The fourth-order valence-corrected chi connectivity index (χ4v) is 4.94. The van der Waals surface area contributed by atoms with E-state index in [9.17, 15) is 12.8 Å². The van der Waals surface area contributed by atoms with E-state index in [-0.39, 0.29) is 22.4 Å². The van der Waals surface area contributed by atoms with Crippen molar-refractivity contribution >= 4 is 20.7 Å². The monoisotopic (exact) mass is 476 g/mol. The Hall–Kier alpha value is -3.95. The second-order valence-corrected chi connectivity index (χ2v) is 9.89. The minimum atomic E-state index is -3.78. The quantitative estimate of drug-likeness (QED) is 0.321. The number of nitrogens with two attached hydrogens (primary N) is 1. The maximum Gasteiger partial charge on any atom is 0.182 e. The van der Waals surface area contributed by atoms with E-state index < -0.39 is 15.7 Å². The summed E-state index contributed by atoms with van der Waals surface area (Å²) in [6.07, 6.45) is 4.25. The van der Waals surface area contributed by atoms with Gasteiger partial charge in [-0.1, -0.05) is 42.5 Å². The zero-order chi connectivity index (χ0) is 23.9. The molecule has 9 heteroatoms. The van der Waals surface area contributed by atoms with Gasteiger partial charge in [0.05, 0.1) is 17.9 Å². The van der Waals surface area contributed by atoms with Gasteiger partial charge in [-0.3, -0.25) is 0 Å². The van der Waals surface area contributed by atoms with Crippen molar-refractivity contribution in [2.45, 2.75) is 10.9 Å². The molecular formula is C25H21FN4O3S. The number of imidazole rings is 1. The number of fused-ring (bicyclic) bond motifs is 1. The van der Waals surface area contributed by atoms with Gasteiger partial charge in [-0.05, 0) is 23.8 Å². The van der Waals surface area contributed by atoms with Crippen LogP contribution in [0.25, 0.3) is 22.3 Å². The Kier molecular flexibility index (Phi) is 5.43. The van der Waals surface area contributed by atoms with Crippen molar-refractivity contribution < 1.29 is 17.5 Å². The highest BCUT2D eigenvalue weighted by molar-refractivity contribution is 7.91. The third-order valence-electron chi connectivity index (χ3n) is 5.51. The van der Waals surface area contributed by atoms with Crippen LogP contribution in [0.5, 0.6) is 11.5 Å². The molecule has 172 valence electrons. The molecule has 0 aliphatic heterocycles. The second kappa shape index (κ2) is 8.44. The molecular weight excluding hydrogens is 455 g/mol. The SMILES string of the molecule is CS(=O)(=O)c1c(Oc2cccc(-c3ncc(C(N)c4ccccc4)[nH]3)c2)c(F)cc2[nH]ccc12. The molecule has 0 amide bonds. The number of halogens is 1. The predicted octanol–water partition coefficient (Wildman–Crippen LogP) is 4.94. The van der Waals surface area contributed by atoms with Crippen LogP contribution in [0, 0.1) is 5.82 Å². The zero-order valence-electron chi connectivity index (χ0n) is 18.1. The summed E-state index contributed by atoms with van der Waals surface area (Å²) in [6, 6.07) is 18.9. The van der Waals surface area contributed by atoms with Crippen molar-refractivity contribution in [3.8, 4) is 22.9 Å². The Morgan fingerprint density at radius 2 is 1.85 bits per heavy atom. The minimum Gasteiger partial charge on any atom is -0.453 e. The van der Waals surface area contributed by atoms with Crippen LogP contribution in [0.1, 0.15) is 17.3 Å². The molecule has 5 aromatic rings. The molecule has 1 unspecified atom stereocenters. The van der Waals surface area contributed by atoms with Crippen molar-refractivity contribution in [2.75, 3.05) is 6.26 Å². The first-order valence-electron chi connectivity index (χ1n) is 10.4. The van der Waals surface area contributed by atoms with E-state index in [2.05, 4.69) is 15.0 Å². The van der Waals surface area contributed by atoms with Gasteiger partial charge in [0.25, 0.3) is 0 Å². The molecule has 0 aliphatic carbocycles. The number of benzene rings is 3. The number of hydrogen-bond donors (Lipinski definition) is 3. The average molecular weight is 477 g/mol. The van der Waals surface area contributed by atoms with Crippen LogP contribution in [-0.2, 0) is 9.84 Å². The first kappa shape index (κ1) is 21.9. The van der Waals surface area contributed by atoms with Gasteiger partial charge in [0.15, 0.2) is 21.4 Å². The lowest BCUT2D eigenvalue weighted by atomic mass is 10.1. The average Bonchev–Trinajstić information content (AvgIpc) is 3.49. The molecule has 2 heterocycles. The number of rotatable bonds is 6. The van der Waals surface area contributed by atoms with E-state index >= 15 is 0 Å². The smallest absolute Gasteiger partial charge is 0.182 e. The molecule has 0 saturated heterocycles. The van der Waals surface area contributed by atoms with Gasteiger partial charge < -0.3 is 20.4 Å². The maximum absolute atomic E-state index is 14.9. The molecule has 1 atom stereocenters. The lowest BCUT2D eigenvalue weighted by molar-refractivity contribution is 0.430. The number of aromatic amines is 2. The summed E-state index contributed by atoms with van der Waals surface area (Å²) in [6.45, 7) is 0. The topological polar surface area (TPSA) is 114 Å². The van der Waals surface area contributed by atoms with Gasteiger partial charge in [0.2, 0.25) is 0 Å². The largest absolute Gasteiger partial charge is 0.453 e. The summed E-state index contributed by atoms with van der Waals surface area (Å²) in [5, 5.41) is 0.362. The summed E-state index contributed by atoms with van der Waals surface area (Å²) in [5.41, 5.74) is 9.08. The van der Waals surface area contributed by atoms with E-state index in [0.29, 0.717) is 22.3 Å². The Morgan fingerprint density at radius 3 is 2.62 bits per heavy atom. The van der Waals surface area contributed by atoms with Crippen LogP contribution in [-0.4, -0.2) is 29.6 Å². The second-order valence-electron chi connectivity index (χ2n) is 7.93. The van der Waals surface area contributed by atoms with Crippen LogP contribution in [0.2, 0.25) is 0 Å². The van der Waals surface area contributed by atoms with Crippen LogP contribution < -0.4 is 10.5 Å². The standard InChI is InChI=1S/C25H21FN4O3S/c1-34(31,32)24-18-10-11-28-20(18)13-19(26)23(24)33-17-9-5-8-16(12-17)25-29-14-21(30-25)22(27)15-6-3-2-4-7-15/h2-14,22,28H,27H2,1H3,(H,29,30). The van der Waals surface area contributed by atoms with Gasteiger partial charge in [0, 0.05) is 35.0 Å². The molecule has 3 aromatic carbocycles. The summed E-state index contributed by atoms with van der Waals surface area (Å²) in [4.78, 5) is 10.3. The molecule has 0 spiro atoms. The van der Waals surface area contributed by atoms with Crippen molar-refractivity contribution in [2.24, 2.45) is 5.73 Å². The highest BCUT2D eigenvalue weighted by Crippen LogP contribution is 2.38. The third kappa shape index (κ3) is 4.07. The summed E-state index contributed by atoms with van der Waals surface area (Å²) < 4.78 is 45.7. The molecule has 0 aliphatic rings. The van der Waals surface area contributed by atoms with Crippen molar-refractivity contribution in [3.63, 3.8) is 0 Å². The molecule has 4 N–H and O–H groups in total. The summed E-state index contributed by atoms with van der Waals surface area (Å²) in [5.74, 6) is -0.314. The molecule has 0 radical (unpaired) electrons. The first-order chi connectivity index (χ1) is 16.3. The van der Waals surface area contributed by atoms with Crippen LogP contribution in [0.3, 0.4) is 0 Å². The van der Waals surface area contributed by atoms with Gasteiger partial charge in [-0.2, -0.15) is 0 Å². The van der Waals surface area contributed by atoms with Crippen molar-refractivity contribution in [3.05, 3.63) is 96.2 Å². The lowest BCUT2D eigenvalue weighted by Gasteiger charge is -2.13. The van der Waals surface area contributed by atoms with Gasteiger partial charge in [-0.15, -0.1) is 0 Å². The predicted molar refractivity (Wildman–Crippen MR) is 128 cm³/mol. The van der Waals surface area contributed by atoms with Gasteiger partial charge in [-0.25, -0.2) is 17.8 Å². The fraction of sp³-hybridized carbons (Fsp3) is 0.0800. The van der Waals surface area contributed by atoms with Crippen molar-refractivity contribution in [1.82, 2.24) is 15.0 Å². The third-order valence-corrected chi connectivity index (χ3v) is 6.65. The number of hydrogen-bond acceptors (Lipinski definition) is 5. The number of nitrogens with zero attached hydrogens (tertiary/aromatic N) is 1. The van der Waals surface area contributed by atoms with Crippen LogP contribution in [0.15, 0.2) is 84.0 Å². The molecule has 2 aromatic heterocycles. The zero-order valence-corrected chi connectivity index (χ0v) is 18.9. The maximum atomic E-state index is 14.9. The number of sulfone groups is 1. The molecule has 0 fully saturated rings. The highest BCUT2D eigenvalue weighted by Gasteiger charge is 2.24. The first-order valence-corrected chi connectivity index (χ1v) is 12.3. The molecule has 7 nitrogen and oxygen atoms in total. The van der Waals surface area contributed by atoms with E-state index in [1.54, 1.807) is 36.7 Å². The number of ether oxygens (including phenoxy) is 1. The Bertz CT molecular complexity index is 1590. The van der Waals surface area contributed by atoms with Crippen molar-refractivity contribution in [1.29, 1.82) is 0 Å².